The summed E-state index contributed by atoms with van der Waals surface area (Å²) in [5, 5.41) is 13.3. The molecule has 80 valence electrons. The van der Waals surface area contributed by atoms with Gasteiger partial charge in [-0.2, -0.15) is 5.10 Å². The monoisotopic (exact) mass is 197 g/mol. The molecule has 0 aromatic carbocycles. The molecule has 0 radical (unpaired) electrons. The third-order valence-electron chi connectivity index (χ3n) is 2.36. The summed E-state index contributed by atoms with van der Waals surface area (Å²) in [7, 11) is 0. The fourth-order valence-electron chi connectivity index (χ4n) is 1.34. The van der Waals surface area contributed by atoms with Crippen LogP contribution in [0.1, 0.15) is 24.7 Å². The normalized spacial score (nSPS) is 15.5. The van der Waals surface area contributed by atoms with Crippen LogP contribution >= 0.6 is 0 Å². The van der Waals surface area contributed by atoms with Crippen molar-refractivity contribution in [3.8, 4) is 0 Å². The van der Waals surface area contributed by atoms with Crippen LogP contribution in [0.15, 0.2) is 6.07 Å². The quantitative estimate of drug-likeness (QED) is 0.743. The van der Waals surface area contributed by atoms with Crippen molar-refractivity contribution in [2.24, 2.45) is 5.73 Å². The molecular formula is C10H19N3O. The topological polar surface area (TPSA) is 64.1 Å². The summed E-state index contributed by atoms with van der Waals surface area (Å²) >= 11 is 0. The lowest BCUT2D eigenvalue weighted by Gasteiger charge is -2.21. The summed E-state index contributed by atoms with van der Waals surface area (Å²) in [4.78, 5) is 0. The molecule has 1 unspecified atom stereocenters. The third kappa shape index (κ3) is 2.82. The van der Waals surface area contributed by atoms with Gasteiger partial charge in [0.2, 0.25) is 0 Å². The molecule has 3 N–H and O–H groups in total. The molecule has 0 saturated heterocycles. The second-order valence-electron chi connectivity index (χ2n) is 4.21. The maximum Gasteiger partial charge on any atom is 0.0609 e. The SMILES string of the molecule is Cc1cc(C)n(CCC(C)(N)CO)n1. The van der Waals surface area contributed by atoms with Crippen LogP contribution in [0.25, 0.3) is 0 Å². The van der Waals surface area contributed by atoms with Crippen molar-refractivity contribution in [1.82, 2.24) is 9.78 Å². The molecule has 0 fully saturated rings. The van der Waals surface area contributed by atoms with E-state index in [1.54, 1.807) is 0 Å². The van der Waals surface area contributed by atoms with Crippen LogP contribution in [-0.2, 0) is 6.54 Å². The number of nitrogens with two attached hydrogens (primary N) is 1. The van der Waals surface area contributed by atoms with Gasteiger partial charge in [-0.1, -0.05) is 0 Å². The first-order chi connectivity index (χ1) is 6.44. The fourth-order valence-corrected chi connectivity index (χ4v) is 1.34. The van der Waals surface area contributed by atoms with E-state index < -0.39 is 5.54 Å². The Kier molecular flexibility index (Phi) is 3.29. The van der Waals surface area contributed by atoms with Gasteiger partial charge in [-0.3, -0.25) is 4.68 Å². The molecule has 0 saturated carbocycles. The molecule has 0 aliphatic rings. The molecule has 1 aromatic heterocycles. The van der Waals surface area contributed by atoms with Gasteiger partial charge in [-0.15, -0.1) is 0 Å². The minimum atomic E-state index is -0.508. The number of aromatic nitrogens is 2. The molecular weight excluding hydrogens is 178 g/mol. The molecule has 1 aromatic rings. The molecule has 0 aliphatic heterocycles. The Morgan fingerprint density at radius 1 is 1.57 bits per heavy atom. The van der Waals surface area contributed by atoms with Gasteiger partial charge in [0.15, 0.2) is 0 Å². The predicted octanol–water partition coefficient (Wildman–Crippen LogP) is 0.600. The van der Waals surface area contributed by atoms with Gasteiger partial charge >= 0.3 is 0 Å². The summed E-state index contributed by atoms with van der Waals surface area (Å²) in [6.45, 7) is 6.60. The smallest absolute Gasteiger partial charge is 0.0609 e. The second kappa shape index (κ2) is 4.11. The summed E-state index contributed by atoms with van der Waals surface area (Å²) in [5.74, 6) is 0. The highest BCUT2D eigenvalue weighted by Crippen LogP contribution is 2.08. The number of aliphatic hydroxyl groups excluding tert-OH is 1. The van der Waals surface area contributed by atoms with Crippen LogP contribution in [-0.4, -0.2) is 27.0 Å². The van der Waals surface area contributed by atoms with Crippen molar-refractivity contribution in [2.75, 3.05) is 6.61 Å². The Morgan fingerprint density at radius 2 is 2.21 bits per heavy atom. The Labute approximate surface area is 84.7 Å². The predicted molar refractivity (Wildman–Crippen MR) is 56.0 cm³/mol. The first-order valence-corrected chi connectivity index (χ1v) is 4.85. The summed E-state index contributed by atoms with van der Waals surface area (Å²) in [6.07, 6.45) is 0.728. The molecule has 4 heteroatoms. The van der Waals surface area contributed by atoms with Gasteiger partial charge in [0.25, 0.3) is 0 Å². The number of nitrogens with zero attached hydrogens (tertiary/aromatic N) is 2. The van der Waals surface area contributed by atoms with Crippen LogP contribution in [0, 0.1) is 13.8 Å². The molecule has 0 spiro atoms. The van der Waals surface area contributed by atoms with Crippen LogP contribution in [0.2, 0.25) is 0 Å². The Bertz CT molecular complexity index is 304. The zero-order valence-electron chi connectivity index (χ0n) is 9.12. The molecule has 0 bridgehead atoms. The lowest BCUT2D eigenvalue weighted by atomic mass is 10.0. The fraction of sp³-hybridized carbons (Fsp3) is 0.700. The van der Waals surface area contributed by atoms with E-state index in [0.29, 0.717) is 0 Å². The highest BCUT2D eigenvalue weighted by atomic mass is 16.3. The lowest BCUT2D eigenvalue weighted by Crippen LogP contribution is -2.41. The van der Waals surface area contributed by atoms with E-state index in [2.05, 4.69) is 5.10 Å². The van der Waals surface area contributed by atoms with Gasteiger partial charge in [0, 0.05) is 17.8 Å². The van der Waals surface area contributed by atoms with Crippen LogP contribution in [0.3, 0.4) is 0 Å². The van der Waals surface area contributed by atoms with Gasteiger partial charge in [-0.05, 0) is 33.3 Å². The van der Waals surface area contributed by atoms with E-state index in [4.69, 9.17) is 10.8 Å². The van der Waals surface area contributed by atoms with Gasteiger partial charge in [0.05, 0.1) is 12.3 Å². The first kappa shape index (κ1) is 11.2. The zero-order chi connectivity index (χ0) is 10.8. The second-order valence-corrected chi connectivity index (χ2v) is 4.21. The van der Waals surface area contributed by atoms with Crippen molar-refractivity contribution in [2.45, 2.75) is 39.3 Å². The highest BCUT2D eigenvalue weighted by molar-refractivity contribution is 5.06. The average molecular weight is 197 g/mol. The molecule has 0 aliphatic carbocycles. The third-order valence-corrected chi connectivity index (χ3v) is 2.36. The van der Waals surface area contributed by atoms with Crippen LogP contribution in [0.4, 0.5) is 0 Å². The molecule has 4 nitrogen and oxygen atoms in total. The number of rotatable bonds is 4. The number of hydrogen-bond donors (Lipinski definition) is 2. The Balaban J connectivity index is 2.58. The molecule has 14 heavy (non-hydrogen) atoms. The van der Waals surface area contributed by atoms with Gasteiger partial charge in [0.1, 0.15) is 0 Å². The van der Waals surface area contributed by atoms with Gasteiger partial charge < -0.3 is 10.8 Å². The zero-order valence-corrected chi connectivity index (χ0v) is 9.12. The summed E-state index contributed by atoms with van der Waals surface area (Å²) < 4.78 is 1.93. The number of aliphatic hydroxyl groups is 1. The van der Waals surface area contributed by atoms with Crippen molar-refractivity contribution >= 4 is 0 Å². The maximum absolute atomic E-state index is 8.99. The number of aryl methyl sites for hydroxylation is 3. The van der Waals surface area contributed by atoms with E-state index in [-0.39, 0.29) is 6.61 Å². The molecule has 1 heterocycles. The highest BCUT2D eigenvalue weighted by Gasteiger charge is 2.17. The van der Waals surface area contributed by atoms with E-state index >= 15 is 0 Å². The van der Waals surface area contributed by atoms with E-state index in [9.17, 15) is 0 Å². The van der Waals surface area contributed by atoms with Crippen molar-refractivity contribution < 1.29 is 5.11 Å². The molecule has 1 rings (SSSR count). The van der Waals surface area contributed by atoms with Crippen molar-refractivity contribution in [3.63, 3.8) is 0 Å². The Hall–Kier alpha value is -0.870. The van der Waals surface area contributed by atoms with E-state index in [0.717, 1.165) is 24.4 Å². The van der Waals surface area contributed by atoms with Crippen LogP contribution in [0.5, 0.6) is 0 Å². The first-order valence-electron chi connectivity index (χ1n) is 4.85. The lowest BCUT2D eigenvalue weighted by molar-refractivity contribution is 0.194. The van der Waals surface area contributed by atoms with E-state index in [1.165, 1.54) is 0 Å². The van der Waals surface area contributed by atoms with Crippen molar-refractivity contribution in [3.05, 3.63) is 17.5 Å². The summed E-state index contributed by atoms with van der Waals surface area (Å²) in [5.41, 5.74) is 7.48. The average Bonchev–Trinajstić information content (AvgIpc) is 2.42. The van der Waals surface area contributed by atoms with Crippen LogP contribution < -0.4 is 5.73 Å². The van der Waals surface area contributed by atoms with Crippen molar-refractivity contribution in [1.29, 1.82) is 0 Å². The standard InChI is InChI=1S/C10H19N3O/c1-8-6-9(2)13(12-8)5-4-10(3,11)7-14/h6,14H,4-5,7,11H2,1-3H3. The largest absolute Gasteiger partial charge is 0.394 e. The Morgan fingerprint density at radius 3 is 2.64 bits per heavy atom. The molecule has 0 amide bonds. The summed E-state index contributed by atoms with van der Waals surface area (Å²) in [6, 6.07) is 2.03. The molecule has 1 atom stereocenters. The van der Waals surface area contributed by atoms with E-state index in [1.807, 2.05) is 31.5 Å². The minimum Gasteiger partial charge on any atom is -0.394 e. The number of hydrogen-bond acceptors (Lipinski definition) is 3. The minimum absolute atomic E-state index is 0.00625. The van der Waals surface area contributed by atoms with Gasteiger partial charge in [-0.25, -0.2) is 0 Å². The maximum atomic E-state index is 8.99.